The summed E-state index contributed by atoms with van der Waals surface area (Å²) in [4.78, 5) is 7.23. The Morgan fingerprint density at radius 2 is 2.21 bits per heavy atom. The van der Waals surface area contributed by atoms with Gasteiger partial charge in [0.15, 0.2) is 5.96 Å². The van der Waals surface area contributed by atoms with E-state index in [0.29, 0.717) is 0 Å². The molecule has 2 rings (SSSR count). The van der Waals surface area contributed by atoms with Crippen LogP contribution in [-0.2, 0) is 13.0 Å². The van der Waals surface area contributed by atoms with Gasteiger partial charge in [-0.25, -0.2) is 0 Å². The summed E-state index contributed by atoms with van der Waals surface area (Å²) in [6, 6.07) is 0. The van der Waals surface area contributed by atoms with Crippen molar-refractivity contribution in [1.29, 1.82) is 0 Å². The Morgan fingerprint density at radius 1 is 1.42 bits per heavy atom. The van der Waals surface area contributed by atoms with Gasteiger partial charge in [0.25, 0.3) is 0 Å². The molecule has 7 heteroatoms. The van der Waals surface area contributed by atoms with Crippen LogP contribution in [0.25, 0.3) is 0 Å². The van der Waals surface area contributed by atoms with Crippen molar-refractivity contribution in [2.75, 3.05) is 26.2 Å². The van der Waals surface area contributed by atoms with Crippen LogP contribution in [0, 0.1) is 11.8 Å². The molecule has 0 spiro atoms. The zero-order chi connectivity index (χ0) is 16.7. The molecule has 1 aliphatic heterocycles. The van der Waals surface area contributed by atoms with Gasteiger partial charge < -0.3 is 14.8 Å². The van der Waals surface area contributed by atoms with Crippen molar-refractivity contribution in [2.45, 2.75) is 53.5 Å². The van der Waals surface area contributed by atoms with E-state index in [-0.39, 0.29) is 24.0 Å². The number of rotatable bonds is 7. The van der Waals surface area contributed by atoms with E-state index >= 15 is 0 Å². The normalized spacial score (nSPS) is 18.1. The maximum Gasteiger partial charge on any atom is 0.193 e. The fraction of sp³-hybridized carbons (Fsp3) is 0.824. The van der Waals surface area contributed by atoms with Crippen molar-refractivity contribution in [1.82, 2.24) is 25.0 Å². The van der Waals surface area contributed by atoms with Gasteiger partial charge in [0, 0.05) is 32.6 Å². The topological polar surface area (TPSA) is 58.3 Å². The van der Waals surface area contributed by atoms with Gasteiger partial charge in [-0.15, -0.1) is 34.2 Å². The maximum absolute atomic E-state index is 4.81. The molecule has 24 heavy (non-hydrogen) atoms. The average Bonchev–Trinajstić information content (AvgIpc) is 3.14. The predicted molar refractivity (Wildman–Crippen MR) is 110 cm³/mol. The number of hydrogen-bond acceptors (Lipinski definition) is 3. The lowest BCUT2D eigenvalue weighted by atomic mass is 9.97. The Balaban J connectivity index is 0.00000288. The Labute approximate surface area is 163 Å². The van der Waals surface area contributed by atoms with Crippen LogP contribution >= 0.6 is 24.0 Å². The number of aliphatic imine (C=N–C) groups is 1. The largest absolute Gasteiger partial charge is 0.357 e. The van der Waals surface area contributed by atoms with E-state index in [1.54, 1.807) is 6.33 Å². The highest BCUT2D eigenvalue weighted by Crippen LogP contribution is 2.23. The third kappa shape index (κ3) is 6.22. The van der Waals surface area contributed by atoms with E-state index in [1.165, 1.54) is 12.8 Å². The molecule has 0 bridgehead atoms. The number of halogens is 1. The number of nitrogens with zero attached hydrogens (tertiary/aromatic N) is 5. The molecule has 6 nitrogen and oxygen atoms in total. The van der Waals surface area contributed by atoms with Gasteiger partial charge in [0.1, 0.15) is 12.2 Å². The minimum atomic E-state index is 0. The van der Waals surface area contributed by atoms with Crippen molar-refractivity contribution in [3.8, 4) is 0 Å². The molecule has 1 aromatic rings. The number of likely N-dealkylation sites (tertiary alicyclic amines) is 1. The predicted octanol–water partition coefficient (Wildman–Crippen LogP) is 2.79. The SMILES string of the molecule is CCNC(=NCCn1cnnc1CC)N1CCC(CC(C)C)C1.I. The number of guanidine groups is 1. The van der Waals surface area contributed by atoms with Crippen LogP contribution in [-0.4, -0.2) is 51.8 Å². The van der Waals surface area contributed by atoms with Crippen LogP contribution in [0.2, 0.25) is 0 Å². The third-order valence-corrected chi connectivity index (χ3v) is 4.34. The second-order valence-electron chi connectivity index (χ2n) is 6.76. The second-order valence-corrected chi connectivity index (χ2v) is 6.76. The Morgan fingerprint density at radius 3 is 2.88 bits per heavy atom. The standard InChI is InChI=1S/C17H32N6.HI/c1-5-16-21-20-13-23(16)10-8-19-17(18-6-2)22-9-7-15(12-22)11-14(3)4;/h13-15H,5-12H2,1-4H3,(H,18,19);1H. The van der Waals surface area contributed by atoms with E-state index < -0.39 is 0 Å². The zero-order valence-corrected chi connectivity index (χ0v) is 17.9. The molecular formula is C17H33IN6. The van der Waals surface area contributed by atoms with Gasteiger partial charge in [0.05, 0.1) is 6.54 Å². The van der Waals surface area contributed by atoms with E-state index in [2.05, 4.69) is 52.7 Å². The zero-order valence-electron chi connectivity index (χ0n) is 15.5. The third-order valence-electron chi connectivity index (χ3n) is 4.34. The molecule has 1 N–H and O–H groups in total. The number of hydrogen-bond donors (Lipinski definition) is 1. The Kier molecular flexibility index (Phi) is 9.61. The summed E-state index contributed by atoms with van der Waals surface area (Å²) in [6.45, 7) is 13.6. The van der Waals surface area contributed by atoms with Gasteiger partial charge in [-0.1, -0.05) is 20.8 Å². The molecule has 1 atom stereocenters. The van der Waals surface area contributed by atoms with Crippen molar-refractivity contribution in [2.24, 2.45) is 16.8 Å². The molecule has 1 fully saturated rings. The molecule has 0 saturated carbocycles. The molecule has 1 aliphatic rings. The number of aryl methyl sites for hydroxylation is 1. The summed E-state index contributed by atoms with van der Waals surface area (Å²) in [5.41, 5.74) is 0. The second kappa shape index (κ2) is 10.9. The molecule has 1 saturated heterocycles. The maximum atomic E-state index is 4.81. The summed E-state index contributed by atoms with van der Waals surface area (Å²) in [6.07, 6.45) is 5.31. The van der Waals surface area contributed by atoms with Crippen LogP contribution in [0.15, 0.2) is 11.3 Å². The van der Waals surface area contributed by atoms with Gasteiger partial charge in [-0.2, -0.15) is 0 Å². The molecule has 138 valence electrons. The summed E-state index contributed by atoms with van der Waals surface area (Å²) < 4.78 is 2.10. The molecule has 1 aromatic heterocycles. The number of aromatic nitrogens is 3. The average molecular weight is 448 g/mol. The lowest BCUT2D eigenvalue weighted by Gasteiger charge is -2.22. The molecule has 2 heterocycles. The first kappa shape index (κ1) is 21.2. The highest BCUT2D eigenvalue weighted by atomic mass is 127. The fourth-order valence-electron chi connectivity index (χ4n) is 3.31. The van der Waals surface area contributed by atoms with Crippen molar-refractivity contribution >= 4 is 29.9 Å². The highest BCUT2D eigenvalue weighted by molar-refractivity contribution is 14.0. The van der Waals surface area contributed by atoms with Crippen LogP contribution in [0.3, 0.4) is 0 Å². The van der Waals surface area contributed by atoms with Crippen LogP contribution in [0.5, 0.6) is 0 Å². The lowest BCUT2D eigenvalue weighted by molar-refractivity contribution is 0.403. The summed E-state index contributed by atoms with van der Waals surface area (Å²) in [7, 11) is 0. The first-order valence-electron chi connectivity index (χ1n) is 9.03. The Bertz CT molecular complexity index is 499. The van der Waals surface area contributed by atoms with E-state index in [4.69, 9.17) is 4.99 Å². The minimum Gasteiger partial charge on any atom is -0.357 e. The first-order chi connectivity index (χ1) is 11.1. The minimum absolute atomic E-state index is 0. The molecular weight excluding hydrogens is 415 g/mol. The van der Waals surface area contributed by atoms with E-state index in [9.17, 15) is 0 Å². The van der Waals surface area contributed by atoms with Crippen LogP contribution in [0.4, 0.5) is 0 Å². The van der Waals surface area contributed by atoms with Crippen molar-refractivity contribution in [3.05, 3.63) is 12.2 Å². The Hall–Kier alpha value is -0.860. The molecule has 1 unspecified atom stereocenters. The first-order valence-corrected chi connectivity index (χ1v) is 9.03. The highest BCUT2D eigenvalue weighted by Gasteiger charge is 2.25. The number of nitrogens with one attached hydrogen (secondary N) is 1. The van der Waals surface area contributed by atoms with Crippen molar-refractivity contribution < 1.29 is 0 Å². The lowest BCUT2D eigenvalue weighted by Crippen LogP contribution is -2.40. The fourth-order valence-corrected chi connectivity index (χ4v) is 3.31. The smallest absolute Gasteiger partial charge is 0.193 e. The molecule has 0 aliphatic carbocycles. The summed E-state index contributed by atoms with van der Waals surface area (Å²) in [5, 5.41) is 11.5. The summed E-state index contributed by atoms with van der Waals surface area (Å²) in [5.74, 6) is 3.68. The van der Waals surface area contributed by atoms with Gasteiger partial charge in [-0.3, -0.25) is 4.99 Å². The molecule has 0 amide bonds. The van der Waals surface area contributed by atoms with Crippen LogP contribution < -0.4 is 5.32 Å². The molecule has 0 radical (unpaired) electrons. The van der Waals surface area contributed by atoms with Crippen molar-refractivity contribution in [3.63, 3.8) is 0 Å². The summed E-state index contributed by atoms with van der Waals surface area (Å²) >= 11 is 0. The van der Waals surface area contributed by atoms with E-state index in [1.807, 2.05) is 0 Å². The van der Waals surface area contributed by atoms with Gasteiger partial charge >= 0.3 is 0 Å². The monoisotopic (exact) mass is 448 g/mol. The molecule has 0 aromatic carbocycles. The van der Waals surface area contributed by atoms with Crippen LogP contribution in [0.1, 0.15) is 46.4 Å². The quantitative estimate of drug-likeness (QED) is 0.396. The van der Waals surface area contributed by atoms with Gasteiger partial charge in [-0.05, 0) is 31.6 Å². The van der Waals surface area contributed by atoms with Gasteiger partial charge in [0.2, 0.25) is 0 Å². The van der Waals surface area contributed by atoms with E-state index in [0.717, 1.165) is 62.8 Å².